The Morgan fingerprint density at radius 3 is 2.78 bits per heavy atom. The van der Waals surface area contributed by atoms with E-state index in [9.17, 15) is 5.11 Å². The second-order valence-electron chi connectivity index (χ2n) is 6.78. The fourth-order valence-corrected chi connectivity index (χ4v) is 3.46. The number of rotatable bonds is 8. The molecule has 0 amide bonds. The summed E-state index contributed by atoms with van der Waals surface area (Å²) in [7, 11) is 0. The number of benzene rings is 1. The minimum absolute atomic E-state index is 0.0515. The van der Waals surface area contributed by atoms with Crippen LogP contribution in [0, 0.1) is 0 Å². The highest BCUT2D eigenvalue weighted by atomic mass is 16.3. The SMILES string of the molecule is CCCCCCCCc1ccc2nc([C@H]3NCC[C@@H]3O)[nH]c2c1. The van der Waals surface area contributed by atoms with Crippen LogP contribution in [0.25, 0.3) is 11.0 Å². The van der Waals surface area contributed by atoms with E-state index >= 15 is 0 Å². The van der Waals surface area contributed by atoms with E-state index in [0.717, 1.165) is 36.2 Å². The minimum atomic E-state index is -0.335. The number of hydrogen-bond donors (Lipinski definition) is 3. The van der Waals surface area contributed by atoms with Gasteiger partial charge in [0.15, 0.2) is 0 Å². The van der Waals surface area contributed by atoms with Crippen molar-refractivity contribution in [1.82, 2.24) is 15.3 Å². The van der Waals surface area contributed by atoms with Crippen molar-refractivity contribution < 1.29 is 5.11 Å². The quantitative estimate of drug-likeness (QED) is 0.648. The number of aliphatic hydroxyl groups is 1. The standard InChI is InChI=1S/C19H29N3O/c1-2-3-4-5-6-7-8-14-9-10-15-16(13-14)22-19(21-15)18-17(23)11-12-20-18/h9-10,13,17-18,20,23H,2-8,11-12H2,1H3,(H,21,22)/t17-,18-/m0/s1. The van der Waals surface area contributed by atoms with E-state index in [4.69, 9.17) is 0 Å². The Kier molecular flexibility index (Phi) is 5.68. The van der Waals surface area contributed by atoms with Crippen molar-refractivity contribution in [1.29, 1.82) is 0 Å². The third-order valence-electron chi connectivity index (χ3n) is 4.87. The van der Waals surface area contributed by atoms with Crippen LogP contribution in [0.4, 0.5) is 0 Å². The maximum Gasteiger partial charge on any atom is 0.127 e. The molecule has 2 atom stereocenters. The molecule has 126 valence electrons. The highest BCUT2D eigenvalue weighted by Crippen LogP contribution is 2.24. The van der Waals surface area contributed by atoms with E-state index < -0.39 is 0 Å². The van der Waals surface area contributed by atoms with Crippen LogP contribution in [0.5, 0.6) is 0 Å². The van der Waals surface area contributed by atoms with Crippen molar-refractivity contribution in [3.05, 3.63) is 29.6 Å². The zero-order chi connectivity index (χ0) is 16.1. The molecule has 1 aromatic heterocycles. The summed E-state index contributed by atoms with van der Waals surface area (Å²) in [6.45, 7) is 3.11. The lowest BCUT2D eigenvalue weighted by molar-refractivity contribution is 0.157. The van der Waals surface area contributed by atoms with E-state index in [1.807, 2.05) is 0 Å². The van der Waals surface area contributed by atoms with E-state index in [0.29, 0.717) is 0 Å². The van der Waals surface area contributed by atoms with Crippen molar-refractivity contribution in [2.24, 2.45) is 0 Å². The number of fused-ring (bicyclic) bond motifs is 1. The van der Waals surface area contributed by atoms with Crippen LogP contribution in [-0.4, -0.2) is 27.7 Å². The highest BCUT2D eigenvalue weighted by molar-refractivity contribution is 5.76. The normalized spacial score (nSPS) is 21.3. The Balaban J connectivity index is 1.58. The van der Waals surface area contributed by atoms with Crippen LogP contribution in [-0.2, 0) is 6.42 Å². The lowest BCUT2D eigenvalue weighted by atomic mass is 10.0. The molecule has 0 spiro atoms. The van der Waals surface area contributed by atoms with Gasteiger partial charge in [0, 0.05) is 0 Å². The average Bonchev–Trinajstić information content (AvgIpc) is 3.15. The summed E-state index contributed by atoms with van der Waals surface area (Å²) in [5, 5.41) is 13.3. The first kappa shape index (κ1) is 16.5. The monoisotopic (exact) mass is 315 g/mol. The topological polar surface area (TPSA) is 60.9 Å². The van der Waals surface area contributed by atoms with Gasteiger partial charge in [-0.1, -0.05) is 45.1 Å². The van der Waals surface area contributed by atoms with E-state index in [2.05, 4.69) is 40.4 Å². The molecule has 3 N–H and O–H groups in total. The zero-order valence-corrected chi connectivity index (χ0v) is 14.1. The third-order valence-corrected chi connectivity index (χ3v) is 4.87. The maximum absolute atomic E-state index is 10.0. The average molecular weight is 315 g/mol. The molecule has 1 aromatic carbocycles. The largest absolute Gasteiger partial charge is 0.391 e. The summed E-state index contributed by atoms with van der Waals surface area (Å²) in [4.78, 5) is 8.03. The fourth-order valence-electron chi connectivity index (χ4n) is 3.46. The van der Waals surface area contributed by atoms with Gasteiger partial charge in [-0.25, -0.2) is 4.98 Å². The van der Waals surface area contributed by atoms with Crippen LogP contribution in [0.1, 0.15) is 69.3 Å². The van der Waals surface area contributed by atoms with Crippen LogP contribution in [0.15, 0.2) is 18.2 Å². The number of hydrogen-bond acceptors (Lipinski definition) is 3. The highest BCUT2D eigenvalue weighted by Gasteiger charge is 2.28. The van der Waals surface area contributed by atoms with Crippen LogP contribution >= 0.6 is 0 Å². The molecule has 1 fully saturated rings. The van der Waals surface area contributed by atoms with Gasteiger partial charge in [0.05, 0.1) is 23.2 Å². The molecule has 2 heterocycles. The number of nitrogens with one attached hydrogen (secondary N) is 2. The number of aromatic nitrogens is 2. The van der Waals surface area contributed by atoms with Crippen molar-refractivity contribution in [3.63, 3.8) is 0 Å². The molecule has 1 aliphatic heterocycles. The van der Waals surface area contributed by atoms with E-state index in [-0.39, 0.29) is 12.1 Å². The lowest BCUT2D eigenvalue weighted by Gasteiger charge is -2.10. The second-order valence-corrected chi connectivity index (χ2v) is 6.78. The number of nitrogens with zero attached hydrogens (tertiary/aromatic N) is 1. The molecule has 0 aliphatic carbocycles. The molecule has 2 aromatic rings. The number of aromatic amines is 1. The summed E-state index contributed by atoms with van der Waals surface area (Å²) < 4.78 is 0. The minimum Gasteiger partial charge on any atom is -0.391 e. The zero-order valence-electron chi connectivity index (χ0n) is 14.1. The molecule has 0 saturated carbocycles. The van der Waals surface area contributed by atoms with Gasteiger partial charge in [-0.05, 0) is 43.5 Å². The maximum atomic E-state index is 10.0. The van der Waals surface area contributed by atoms with Crippen molar-refractivity contribution in [2.75, 3.05) is 6.54 Å². The van der Waals surface area contributed by atoms with Crippen LogP contribution < -0.4 is 5.32 Å². The lowest BCUT2D eigenvalue weighted by Crippen LogP contribution is -2.22. The van der Waals surface area contributed by atoms with Gasteiger partial charge in [-0.3, -0.25) is 0 Å². The second kappa shape index (κ2) is 7.93. The van der Waals surface area contributed by atoms with Gasteiger partial charge < -0.3 is 15.4 Å². The molecular formula is C19H29N3O. The third kappa shape index (κ3) is 4.12. The van der Waals surface area contributed by atoms with E-state index in [1.54, 1.807) is 0 Å². The van der Waals surface area contributed by atoms with Crippen LogP contribution in [0.2, 0.25) is 0 Å². The Bertz CT molecular complexity index is 622. The van der Waals surface area contributed by atoms with Crippen molar-refractivity contribution in [3.8, 4) is 0 Å². The van der Waals surface area contributed by atoms with Gasteiger partial charge in [-0.2, -0.15) is 0 Å². The first-order valence-electron chi connectivity index (χ1n) is 9.18. The van der Waals surface area contributed by atoms with Gasteiger partial charge >= 0.3 is 0 Å². The predicted octanol–water partition coefficient (Wildman–Crippen LogP) is 3.86. The van der Waals surface area contributed by atoms with E-state index in [1.165, 1.54) is 44.1 Å². The van der Waals surface area contributed by atoms with Crippen molar-refractivity contribution in [2.45, 2.75) is 70.4 Å². The Hall–Kier alpha value is -1.39. The first-order valence-corrected chi connectivity index (χ1v) is 9.18. The molecule has 0 bridgehead atoms. The Morgan fingerprint density at radius 2 is 2.00 bits per heavy atom. The number of unbranched alkanes of at least 4 members (excludes halogenated alkanes) is 5. The molecule has 0 unspecified atom stereocenters. The van der Waals surface area contributed by atoms with Gasteiger partial charge in [0.1, 0.15) is 5.82 Å². The fraction of sp³-hybridized carbons (Fsp3) is 0.632. The molecule has 4 nitrogen and oxygen atoms in total. The number of aliphatic hydroxyl groups excluding tert-OH is 1. The van der Waals surface area contributed by atoms with Crippen molar-refractivity contribution >= 4 is 11.0 Å². The number of aryl methyl sites for hydroxylation is 1. The molecule has 0 radical (unpaired) electrons. The summed E-state index contributed by atoms with van der Waals surface area (Å²) in [5.74, 6) is 0.863. The molecular weight excluding hydrogens is 286 g/mol. The first-order chi connectivity index (χ1) is 11.3. The van der Waals surface area contributed by atoms with Crippen LogP contribution in [0.3, 0.4) is 0 Å². The Morgan fingerprint density at radius 1 is 1.17 bits per heavy atom. The smallest absolute Gasteiger partial charge is 0.127 e. The van der Waals surface area contributed by atoms with Gasteiger partial charge in [-0.15, -0.1) is 0 Å². The molecule has 4 heteroatoms. The Labute approximate surface area is 138 Å². The summed E-state index contributed by atoms with van der Waals surface area (Å²) >= 11 is 0. The summed E-state index contributed by atoms with van der Waals surface area (Å²) in [6.07, 6.45) is 9.59. The molecule has 1 aliphatic rings. The number of H-pyrrole nitrogens is 1. The van der Waals surface area contributed by atoms with Gasteiger partial charge in [0.2, 0.25) is 0 Å². The number of imidazole rings is 1. The predicted molar refractivity (Wildman–Crippen MR) is 94.5 cm³/mol. The summed E-state index contributed by atoms with van der Waals surface area (Å²) in [6, 6.07) is 6.46. The molecule has 3 rings (SSSR count). The molecule has 1 saturated heterocycles. The summed E-state index contributed by atoms with van der Waals surface area (Å²) in [5.41, 5.74) is 3.46. The molecule has 23 heavy (non-hydrogen) atoms. The van der Waals surface area contributed by atoms with Gasteiger partial charge in [0.25, 0.3) is 0 Å².